The van der Waals surface area contributed by atoms with Crippen LogP contribution in [0.3, 0.4) is 0 Å². The molecule has 2 aromatic carbocycles. The van der Waals surface area contributed by atoms with E-state index in [9.17, 15) is 9.59 Å². The van der Waals surface area contributed by atoms with Crippen molar-refractivity contribution in [3.8, 4) is 5.75 Å². The van der Waals surface area contributed by atoms with Crippen LogP contribution in [0.4, 0.5) is 11.5 Å². The molecule has 0 saturated carbocycles. The van der Waals surface area contributed by atoms with Gasteiger partial charge in [0.15, 0.2) is 0 Å². The summed E-state index contributed by atoms with van der Waals surface area (Å²) in [6, 6.07) is 15.7. The first-order chi connectivity index (χ1) is 14.1. The molecule has 8 heteroatoms. The van der Waals surface area contributed by atoms with Crippen molar-refractivity contribution in [1.29, 1.82) is 0 Å². The highest BCUT2D eigenvalue weighted by Gasteiger charge is 2.10. The smallest absolute Gasteiger partial charge is 0.337 e. The lowest BCUT2D eigenvalue weighted by Gasteiger charge is -2.09. The molecule has 1 amide bonds. The van der Waals surface area contributed by atoms with Gasteiger partial charge in [-0.05, 0) is 35.9 Å². The van der Waals surface area contributed by atoms with Gasteiger partial charge >= 0.3 is 5.97 Å². The number of carbonyl (C=O) groups excluding carboxylic acids is 2. The number of ether oxygens (including phenoxy) is 2. The third-order valence-corrected chi connectivity index (χ3v) is 4.07. The van der Waals surface area contributed by atoms with Gasteiger partial charge < -0.3 is 20.1 Å². The fourth-order valence-electron chi connectivity index (χ4n) is 2.56. The molecule has 0 bridgehead atoms. The van der Waals surface area contributed by atoms with Crippen LogP contribution in [0, 0.1) is 0 Å². The summed E-state index contributed by atoms with van der Waals surface area (Å²) in [5, 5.41) is 5.87. The molecule has 0 saturated heterocycles. The lowest BCUT2D eigenvalue weighted by Crippen LogP contribution is -2.24. The van der Waals surface area contributed by atoms with E-state index in [0.29, 0.717) is 23.6 Å². The minimum atomic E-state index is -0.435. The second kappa shape index (κ2) is 9.32. The number of hydrogen-bond acceptors (Lipinski definition) is 7. The van der Waals surface area contributed by atoms with Crippen LogP contribution >= 0.6 is 0 Å². The van der Waals surface area contributed by atoms with Gasteiger partial charge in [0.05, 0.1) is 19.8 Å². The molecule has 3 aromatic rings. The van der Waals surface area contributed by atoms with E-state index >= 15 is 0 Å². The van der Waals surface area contributed by atoms with Crippen molar-refractivity contribution >= 4 is 23.4 Å². The van der Waals surface area contributed by atoms with Gasteiger partial charge in [-0.3, -0.25) is 4.79 Å². The lowest BCUT2D eigenvalue weighted by atomic mass is 10.2. The van der Waals surface area contributed by atoms with E-state index in [1.165, 1.54) is 19.5 Å². The molecule has 29 heavy (non-hydrogen) atoms. The minimum Gasteiger partial charge on any atom is -0.497 e. The van der Waals surface area contributed by atoms with Crippen molar-refractivity contribution < 1.29 is 19.1 Å². The molecule has 0 atom stereocenters. The minimum absolute atomic E-state index is 0.222. The van der Waals surface area contributed by atoms with E-state index in [-0.39, 0.29) is 11.6 Å². The maximum absolute atomic E-state index is 12.4. The lowest BCUT2D eigenvalue weighted by molar-refractivity contribution is 0.0600. The molecule has 1 aromatic heterocycles. The van der Waals surface area contributed by atoms with Gasteiger partial charge in [-0.25, -0.2) is 14.8 Å². The summed E-state index contributed by atoms with van der Waals surface area (Å²) in [7, 11) is 2.92. The maximum atomic E-state index is 12.4. The topological polar surface area (TPSA) is 102 Å². The van der Waals surface area contributed by atoms with E-state index in [1.54, 1.807) is 31.4 Å². The summed E-state index contributed by atoms with van der Waals surface area (Å²) in [5.74, 6) is 0.420. The number of esters is 1. The number of hydrogen-bond donors (Lipinski definition) is 2. The Morgan fingerprint density at radius 2 is 1.79 bits per heavy atom. The van der Waals surface area contributed by atoms with Crippen molar-refractivity contribution in [2.45, 2.75) is 6.54 Å². The average Bonchev–Trinajstić information content (AvgIpc) is 2.77. The quantitative estimate of drug-likeness (QED) is 0.596. The normalized spacial score (nSPS) is 10.1. The number of carbonyl (C=O) groups is 2. The molecule has 1 heterocycles. The zero-order valence-corrected chi connectivity index (χ0v) is 16.0. The molecule has 2 N–H and O–H groups in total. The predicted molar refractivity (Wildman–Crippen MR) is 107 cm³/mol. The van der Waals surface area contributed by atoms with Gasteiger partial charge in [-0.2, -0.15) is 0 Å². The van der Waals surface area contributed by atoms with Gasteiger partial charge in [-0.15, -0.1) is 0 Å². The van der Waals surface area contributed by atoms with Crippen LogP contribution in [-0.4, -0.2) is 36.1 Å². The number of amides is 1. The molecule has 8 nitrogen and oxygen atoms in total. The molecule has 0 aliphatic heterocycles. The average molecular weight is 392 g/mol. The first kappa shape index (κ1) is 19.8. The molecule has 3 rings (SSSR count). The molecule has 0 aliphatic carbocycles. The zero-order chi connectivity index (χ0) is 20.6. The Bertz CT molecular complexity index is 1010. The van der Waals surface area contributed by atoms with Gasteiger partial charge in [0.1, 0.15) is 23.6 Å². The second-order valence-corrected chi connectivity index (χ2v) is 6.02. The van der Waals surface area contributed by atoms with Crippen molar-refractivity contribution in [1.82, 2.24) is 15.3 Å². The first-order valence-electron chi connectivity index (χ1n) is 8.77. The van der Waals surface area contributed by atoms with E-state index in [0.717, 1.165) is 11.3 Å². The maximum Gasteiger partial charge on any atom is 0.337 e. The highest BCUT2D eigenvalue weighted by molar-refractivity contribution is 5.93. The van der Waals surface area contributed by atoms with Crippen LogP contribution in [0.25, 0.3) is 0 Å². The third-order valence-electron chi connectivity index (χ3n) is 4.07. The molecular weight excluding hydrogens is 372 g/mol. The SMILES string of the molecule is COC(=O)c1cccc(Nc2cc(C(=O)NCc3ccc(OC)cc3)ncn2)c1. The van der Waals surface area contributed by atoms with Crippen LogP contribution in [-0.2, 0) is 11.3 Å². The fraction of sp³-hybridized carbons (Fsp3) is 0.143. The molecule has 0 radical (unpaired) electrons. The highest BCUT2D eigenvalue weighted by atomic mass is 16.5. The van der Waals surface area contributed by atoms with E-state index in [4.69, 9.17) is 9.47 Å². The Hall–Kier alpha value is -3.94. The van der Waals surface area contributed by atoms with Crippen molar-refractivity contribution in [2.24, 2.45) is 0 Å². The number of methoxy groups -OCH3 is 2. The number of nitrogens with one attached hydrogen (secondary N) is 2. The zero-order valence-electron chi connectivity index (χ0n) is 16.0. The predicted octanol–water partition coefficient (Wildman–Crippen LogP) is 2.95. The van der Waals surface area contributed by atoms with Gasteiger partial charge in [-0.1, -0.05) is 18.2 Å². The largest absolute Gasteiger partial charge is 0.497 e. The van der Waals surface area contributed by atoms with E-state index in [2.05, 4.69) is 20.6 Å². The van der Waals surface area contributed by atoms with Gasteiger partial charge in [0.2, 0.25) is 0 Å². The Morgan fingerprint density at radius 1 is 1.00 bits per heavy atom. The van der Waals surface area contributed by atoms with Crippen LogP contribution in [0.15, 0.2) is 60.9 Å². The third kappa shape index (κ3) is 5.29. The summed E-state index contributed by atoms with van der Waals surface area (Å²) in [6.45, 7) is 0.358. The Kier molecular flexibility index (Phi) is 6.36. The summed E-state index contributed by atoms with van der Waals surface area (Å²) in [6.07, 6.45) is 1.30. The van der Waals surface area contributed by atoms with Gasteiger partial charge in [0, 0.05) is 18.3 Å². The second-order valence-electron chi connectivity index (χ2n) is 6.02. The highest BCUT2D eigenvalue weighted by Crippen LogP contribution is 2.17. The number of nitrogens with zero attached hydrogens (tertiary/aromatic N) is 2. The number of anilines is 2. The van der Waals surface area contributed by atoms with E-state index in [1.807, 2.05) is 24.3 Å². The number of benzene rings is 2. The first-order valence-corrected chi connectivity index (χ1v) is 8.77. The van der Waals surface area contributed by atoms with Gasteiger partial charge in [0.25, 0.3) is 5.91 Å². The van der Waals surface area contributed by atoms with Crippen LogP contribution in [0.2, 0.25) is 0 Å². The number of aromatic nitrogens is 2. The monoisotopic (exact) mass is 392 g/mol. The summed E-state index contributed by atoms with van der Waals surface area (Å²) < 4.78 is 9.83. The molecule has 148 valence electrons. The standard InChI is InChI=1S/C21H20N4O4/c1-28-17-8-6-14(7-9-17)12-22-20(26)18-11-19(24-13-23-18)25-16-5-3-4-15(10-16)21(27)29-2/h3-11,13H,12H2,1-2H3,(H,22,26)(H,23,24,25). The Labute approximate surface area is 167 Å². The van der Waals surface area contributed by atoms with Crippen molar-refractivity contribution in [3.63, 3.8) is 0 Å². The molecule has 0 aliphatic rings. The Morgan fingerprint density at radius 3 is 2.52 bits per heavy atom. The van der Waals surface area contributed by atoms with Crippen LogP contribution < -0.4 is 15.4 Å². The van der Waals surface area contributed by atoms with Crippen LogP contribution in [0.5, 0.6) is 5.75 Å². The summed E-state index contributed by atoms with van der Waals surface area (Å²) >= 11 is 0. The van der Waals surface area contributed by atoms with Crippen LogP contribution in [0.1, 0.15) is 26.4 Å². The molecule has 0 fully saturated rings. The molecular formula is C21H20N4O4. The van der Waals surface area contributed by atoms with E-state index < -0.39 is 5.97 Å². The Balaban J connectivity index is 1.65. The molecule has 0 unspecified atom stereocenters. The summed E-state index contributed by atoms with van der Waals surface area (Å²) in [4.78, 5) is 32.2. The van der Waals surface area contributed by atoms with Crippen molar-refractivity contribution in [2.75, 3.05) is 19.5 Å². The summed E-state index contributed by atoms with van der Waals surface area (Å²) in [5.41, 5.74) is 2.20. The van der Waals surface area contributed by atoms with Crippen molar-refractivity contribution in [3.05, 3.63) is 77.7 Å². The number of rotatable bonds is 7. The molecule has 0 spiro atoms. The fourth-order valence-corrected chi connectivity index (χ4v) is 2.56.